The molecule has 0 bridgehead atoms. The molecule has 3 rings (SSSR count). The summed E-state index contributed by atoms with van der Waals surface area (Å²) >= 11 is 0. The fourth-order valence-corrected chi connectivity index (χ4v) is 3.80. The molecule has 10 heteroatoms. The third kappa shape index (κ3) is 4.44. The molecule has 1 amide bonds. The standard InChI is InChI=1S/C17H26N6O4/c1-11-9-12(5-8-27-11)20-16-19-10-13(23(25)26)14(21-16)22-17(15(18)24)6-3-2-4-7-17/h10-12H,2-9H2,1H3,(H2,18,24)(H2,19,20,21,22)/t11-,12-/m0/s1. The SMILES string of the molecule is C[C@H]1C[C@@H](Nc2ncc([N+](=O)[O-])c(NC3(C(N)=O)CCCCC3)n2)CCO1. The maximum absolute atomic E-state index is 12.1. The van der Waals surface area contributed by atoms with Gasteiger partial charge in [0.15, 0.2) is 0 Å². The maximum Gasteiger partial charge on any atom is 0.329 e. The number of nitro groups is 1. The minimum atomic E-state index is -1.01. The molecular weight excluding hydrogens is 352 g/mol. The second kappa shape index (κ2) is 8.03. The lowest BCUT2D eigenvalue weighted by molar-refractivity contribution is -0.384. The van der Waals surface area contributed by atoms with Gasteiger partial charge in [0, 0.05) is 12.6 Å². The van der Waals surface area contributed by atoms with Gasteiger partial charge in [-0.3, -0.25) is 14.9 Å². The largest absolute Gasteiger partial charge is 0.378 e. The van der Waals surface area contributed by atoms with Crippen molar-refractivity contribution in [2.24, 2.45) is 5.73 Å². The minimum Gasteiger partial charge on any atom is -0.378 e. The zero-order valence-electron chi connectivity index (χ0n) is 15.4. The fraction of sp³-hybridized carbons (Fsp3) is 0.706. The van der Waals surface area contributed by atoms with Crippen LogP contribution in [0.2, 0.25) is 0 Å². The van der Waals surface area contributed by atoms with Gasteiger partial charge >= 0.3 is 5.69 Å². The van der Waals surface area contributed by atoms with Crippen LogP contribution in [0.25, 0.3) is 0 Å². The lowest BCUT2D eigenvalue weighted by Crippen LogP contribution is -2.52. The van der Waals surface area contributed by atoms with Crippen molar-refractivity contribution < 1.29 is 14.5 Å². The lowest BCUT2D eigenvalue weighted by atomic mass is 9.81. The smallest absolute Gasteiger partial charge is 0.329 e. The molecule has 2 fully saturated rings. The summed E-state index contributed by atoms with van der Waals surface area (Å²) < 4.78 is 5.53. The van der Waals surface area contributed by atoms with E-state index in [9.17, 15) is 14.9 Å². The molecule has 2 heterocycles. The normalized spacial score (nSPS) is 24.8. The number of hydrogen-bond acceptors (Lipinski definition) is 8. The van der Waals surface area contributed by atoms with Crippen LogP contribution >= 0.6 is 0 Å². The number of rotatable bonds is 6. The van der Waals surface area contributed by atoms with Gasteiger partial charge in [-0.05, 0) is 32.6 Å². The minimum absolute atomic E-state index is 0.0262. The first-order chi connectivity index (χ1) is 12.9. The van der Waals surface area contributed by atoms with Gasteiger partial charge in [0.25, 0.3) is 0 Å². The molecule has 148 valence electrons. The molecule has 1 aromatic rings. The van der Waals surface area contributed by atoms with Crippen LogP contribution in [-0.2, 0) is 9.53 Å². The predicted octanol–water partition coefficient (Wildman–Crippen LogP) is 1.96. The van der Waals surface area contributed by atoms with Crippen LogP contribution in [0.4, 0.5) is 17.5 Å². The zero-order chi connectivity index (χ0) is 19.4. The number of nitrogens with one attached hydrogen (secondary N) is 2. The number of nitrogens with two attached hydrogens (primary N) is 1. The molecule has 2 atom stereocenters. The first-order valence-electron chi connectivity index (χ1n) is 9.37. The highest BCUT2D eigenvalue weighted by atomic mass is 16.6. The molecule has 0 spiro atoms. The molecule has 1 aromatic heterocycles. The topological polar surface area (TPSA) is 145 Å². The first-order valence-corrected chi connectivity index (χ1v) is 9.37. The van der Waals surface area contributed by atoms with Crippen LogP contribution in [0.1, 0.15) is 51.9 Å². The van der Waals surface area contributed by atoms with E-state index in [2.05, 4.69) is 20.6 Å². The van der Waals surface area contributed by atoms with E-state index in [1.807, 2.05) is 6.92 Å². The van der Waals surface area contributed by atoms with Gasteiger partial charge < -0.3 is 21.1 Å². The fourth-order valence-electron chi connectivity index (χ4n) is 3.80. The summed E-state index contributed by atoms with van der Waals surface area (Å²) in [6.07, 6.45) is 6.64. The highest BCUT2D eigenvalue weighted by Gasteiger charge is 2.40. The van der Waals surface area contributed by atoms with Crippen molar-refractivity contribution in [3.8, 4) is 0 Å². The summed E-state index contributed by atoms with van der Waals surface area (Å²) in [6.45, 7) is 2.64. The Balaban J connectivity index is 1.85. The van der Waals surface area contributed by atoms with Crippen molar-refractivity contribution in [2.75, 3.05) is 17.2 Å². The summed E-state index contributed by atoms with van der Waals surface area (Å²) in [5.74, 6) is -0.196. The molecule has 4 N–H and O–H groups in total. The van der Waals surface area contributed by atoms with E-state index in [0.717, 1.165) is 38.3 Å². The van der Waals surface area contributed by atoms with Crippen LogP contribution in [0.5, 0.6) is 0 Å². The highest BCUT2D eigenvalue weighted by molar-refractivity contribution is 5.88. The van der Waals surface area contributed by atoms with Crippen molar-refractivity contribution in [1.29, 1.82) is 0 Å². The van der Waals surface area contributed by atoms with Crippen molar-refractivity contribution in [3.05, 3.63) is 16.3 Å². The maximum atomic E-state index is 12.1. The Morgan fingerprint density at radius 1 is 1.41 bits per heavy atom. The number of anilines is 2. The van der Waals surface area contributed by atoms with Crippen LogP contribution in [0, 0.1) is 10.1 Å². The van der Waals surface area contributed by atoms with Crippen molar-refractivity contribution in [1.82, 2.24) is 9.97 Å². The number of hydrogen-bond donors (Lipinski definition) is 3. The molecule has 10 nitrogen and oxygen atoms in total. The van der Waals surface area contributed by atoms with E-state index in [1.165, 1.54) is 0 Å². The van der Waals surface area contributed by atoms with Gasteiger partial charge in [-0.2, -0.15) is 4.98 Å². The van der Waals surface area contributed by atoms with Gasteiger partial charge in [0.1, 0.15) is 11.7 Å². The highest BCUT2D eigenvalue weighted by Crippen LogP contribution is 2.34. The third-order valence-corrected chi connectivity index (χ3v) is 5.32. The molecule has 1 aliphatic heterocycles. The summed E-state index contributed by atoms with van der Waals surface area (Å²) in [5.41, 5.74) is 4.35. The lowest BCUT2D eigenvalue weighted by Gasteiger charge is -2.35. The van der Waals surface area contributed by atoms with Crippen molar-refractivity contribution in [2.45, 2.75) is 69.6 Å². The average molecular weight is 378 g/mol. The number of carbonyl (C=O) groups excluding carboxylic acids is 1. The van der Waals surface area contributed by atoms with E-state index in [1.54, 1.807) is 0 Å². The number of primary amides is 1. The van der Waals surface area contributed by atoms with E-state index in [-0.39, 0.29) is 29.6 Å². The van der Waals surface area contributed by atoms with Gasteiger partial charge in [-0.1, -0.05) is 19.3 Å². The van der Waals surface area contributed by atoms with E-state index in [0.29, 0.717) is 19.4 Å². The van der Waals surface area contributed by atoms with Crippen LogP contribution in [0.3, 0.4) is 0 Å². The molecule has 0 aromatic carbocycles. The summed E-state index contributed by atoms with van der Waals surface area (Å²) in [4.78, 5) is 31.4. The van der Waals surface area contributed by atoms with Gasteiger partial charge in [-0.15, -0.1) is 0 Å². The number of ether oxygens (including phenoxy) is 1. The van der Waals surface area contributed by atoms with Crippen LogP contribution in [-0.4, -0.2) is 45.1 Å². The van der Waals surface area contributed by atoms with E-state index in [4.69, 9.17) is 10.5 Å². The monoisotopic (exact) mass is 378 g/mol. The van der Waals surface area contributed by atoms with Crippen molar-refractivity contribution >= 4 is 23.4 Å². The van der Waals surface area contributed by atoms with Crippen LogP contribution in [0.15, 0.2) is 6.20 Å². The van der Waals surface area contributed by atoms with Crippen LogP contribution < -0.4 is 16.4 Å². The molecule has 2 aliphatic rings. The Bertz CT molecular complexity index is 707. The quantitative estimate of drug-likeness (QED) is 0.503. The number of aromatic nitrogens is 2. The van der Waals surface area contributed by atoms with E-state index >= 15 is 0 Å². The molecule has 1 saturated carbocycles. The van der Waals surface area contributed by atoms with E-state index < -0.39 is 16.4 Å². The first kappa shape index (κ1) is 19.3. The molecule has 1 aliphatic carbocycles. The Morgan fingerprint density at radius 3 is 2.78 bits per heavy atom. The summed E-state index contributed by atoms with van der Waals surface area (Å²) in [5, 5.41) is 17.6. The summed E-state index contributed by atoms with van der Waals surface area (Å²) in [6, 6.07) is 0.128. The molecule has 1 saturated heterocycles. The molecule has 27 heavy (non-hydrogen) atoms. The Kier molecular flexibility index (Phi) is 5.73. The van der Waals surface area contributed by atoms with Crippen molar-refractivity contribution in [3.63, 3.8) is 0 Å². The number of carbonyl (C=O) groups is 1. The Morgan fingerprint density at radius 2 is 2.15 bits per heavy atom. The zero-order valence-corrected chi connectivity index (χ0v) is 15.4. The Hall–Kier alpha value is -2.49. The van der Waals surface area contributed by atoms with Gasteiger partial charge in [0.05, 0.1) is 11.0 Å². The Labute approximate surface area is 157 Å². The molecule has 0 unspecified atom stereocenters. The summed E-state index contributed by atoms with van der Waals surface area (Å²) in [7, 11) is 0. The third-order valence-electron chi connectivity index (χ3n) is 5.32. The van der Waals surface area contributed by atoms with Gasteiger partial charge in [0.2, 0.25) is 17.7 Å². The number of nitrogens with zero attached hydrogens (tertiary/aromatic N) is 3. The molecular formula is C17H26N6O4. The number of amides is 1. The van der Waals surface area contributed by atoms with Gasteiger partial charge in [-0.25, -0.2) is 4.98 Å². The molecule has 0 radical (unpaired) electrons. The second-order valence-electron chi connectivity index (χ2n) is 7.36. The second-order valence-corrected chi connectivity index (χ2v) is 7.36. The average Bonchev–Trinajstić information content (AvgIpc) is 2.62. The predicted molar refractivity (Wildman–Crippen MR) is 99.4 cm³/mol.